The number of unbranched alkanes of at least 4 members (excludes halogenated alkanes) is 8. The number of thiol groups is 2. The Bertz CT molecular complexity index is 628. The lowest BCUT2D eigenvalue weighted by molar-refractivity contribution is 0.632. The molecule has 172 valence electrons. The maximum absolute atomic E-state index is 4.90. The van der Waals surface area contributed by atoms with Gasteiger partial charge in [0.05, 0.1) is 0 Å². The number of hydrogen-bond acceptors (Lipinski definition) is 2. The van der Waals surface area contributed by atoms with Crippen LogP contribution in [0.4, 0.5) is 0 Å². The Morgan fingerprint density at radius 1 is 0.516 bits per heavy atom. The normalized spacial score (nSPS) is 13.3. The van der Waals surface area contributed by atoms with Gasteiger partial charge in [-0.3, -0.25) is 0 Å². The van der Waals surface area contributed by atoms with Crippen LogP contribution in [0.2, 0.25) is 0 Å². The summed E-state index contributed by atoms with van der Waals surface area (Å²) < 4.78 is 0. The third-order valence-electron chi connectivity index (χ3n) is 6.31. The zero-order valence-electron chi connectivity index (χ0n) is 19.9. The molecule has 0 spiro atoms. The van der Waals surface area contributed by atoms with Gasteiger partial charge in [-0.2, -0.15) is 25.3 Å². The third-order valence-corrected chi connectivity index (χ3v) is 7.33. The van der Waals surface area contributed by atoms with Gasteiger partial charge in [0.2, 0.25) is 0 Å². The lowest BCUT2D eigenvalue weighted by atomic mass is 9.98. The Kier molecular flexibility index (Phi) is 13.5. The third kappa shape index (κ3) is 10.5. The predicted octanol–water partition coefficient (Wildman–Crippen LogP) is 9.74. The Morgan fingerprint density at radius 3 is 1.23 bits per heavy atom. The van der Waals surface area contributed by atoms with Crippen LogP contribution >= 0.6 is 25.3 Å². The molecule has 2 heteroatoms. The van der Waals surface area contributed by atoms with Crippen molar-refractivity contribution < 1.29 is 0 Å². The van der Waals surface area contributed by atoms with Crippen LogP contribution in [-0.2, 0) is 12.8 Å². The van der Waals surface area contributed by atoms with Gasteiger partial charge in [-0.05, 0) is 54.4 Å². The molecule has 0 saturated carbocycles. The fourth-order valence-electron chi connectivity index (χ4n) is 4.16. The van der Waals surface area contributed by atoms with E-state index in [0.717, 1.165) is 6.42 Å². The molecule has 0 N–H and O–H groups in total. The molecule has 0 aliphatic carbocycles. The van der Waals surface area contributed by atoms with Crippen LogP contribution in [-0.4, -0.2) is 0 Å². The maximum atomic E-state index is 4.90. The Morgan fingerprint density at radius 2 is 0.871 bits per heavy atom. The first-order valence-electron chi connectivity index (χ1n) is 12.7. The second kappa shape index (κ2) is 15.9. The standard InChI is InChI=1S/C29H44S2/c1-3-5-7-9-11-13-24-15-19-26(20-16-24)28(30)23-29(31)27-21-17-25(18-22-27)14-12-10-8-6-4-2/h15-22,28-31H,3-14,23H2,1-2H3. The molecule has 0 aliphatic rings. The van der Waals surface area contributed by atoms with E-state index in [1.807, 2.05) is 0 Å². The zero-order valence-corrected chi connectivity index (χ0v) is 21.6. The summed E-state index contributed by atoms with van der Waals surface area (Å²) in [4.78, 5) is 0. The molecule has 31 heavy (non-hydrogen) atoms. The minimum absolute atomic E-state index is 0.222. The Balaban J connectivity index is 1.76. The number of aryl methyl sites for hydroxylation is 2. The van der Waals surface area contributed by atoms with Crippen LogP contribution in [0.25, 0.3) is 0 Å². The van der Waals surface area contributed by atoms with Crippen LogP contribution < -0.4 is 0 Å². The van der Waals surface area contributed by atoms with Crippen molar-refractivity contribution in [1.29, 1.82) is 0 Å². The summed E-state index contributed by atoms with van der Waals surface area (Å²) in [6.45, 7) is 4.54. The van der Waals surface area contributed by atoms with Gasteiger partial charge in [0.15, 0.2) is 0 Å². The molecule has 0 saturated heterocycles. The fourth-order valence-corrected chi connectivity index (χ4v) is 5.09. The Labute approximate surface area is 203 Å². The van der Waals surface area contributed by atoms with Crippen LogP contribution in [0.15, 0.2) is 48.5 Å². The predicted molar refractivity (Wildman–Crippen MR) is 146 cm³/mol. The second-order valence-corrected chi connectivity index (χ2v) is 10.3. The highest BCUT2D eigenvalue weighted by atomic mass is 32.1. The second-order valence-electron chi connectivity index (χ2n) is 9.08. The summed E-state index contributed by atoms with van der Waals surface area (Å²) in [6.07, 6.45) is 16.7. The largest absolute Gasteiger partial charge is 0.171 e. The van der Waals surface area contributed by atoms with Gasteiger partial charge >= 0.3 is 0 Å². The molecule has 2 rings (SSSR count). The van der Waals surface area contributed by atoms with Gasteiger partial charge in [0.25, 0.3) is 0 Å². The molecular weight excluding hydrogens is 412 g/mol. The molecule has 2 aromatic carbocycles. The van der Waals surface area contributed by atoms with E-state index in [1.54, 1.807) is 0 Å². The van der Waals surface area contributed by atoms with Gasteiger partial charge < -0.3 is 0 Å². The van der Waals surface area contributed by atoms with Crippen molar-refractivity contribution in [2.75, 3.05) is 0 Å². The molecule has 0 nitrogen and oxygen atoms in total. The summed E-state index contributed by atoms with van der Waals surface area (Å²) in [7, 11) is 0. The van der Waals surface area contributed by atoms with Gasteiger partial charge in [-0.1, -0.05) is 114 Å². The van der Waals surface area contributed by atoms with Gasteiger partial charge in [0, 0.05) is 10.5 Å². The van der Waals surface area contributed by atoms with Crippen LogP contribution in [0, 0.1) is 0 Å². The molecular formula is C29H44S2. The van der Waals surface area contributed by atoms with E-state index >= 15 is 0 Å². The quantitative estimate of drug-likeness (QED) is 0.182. The highest BCUT2D eigenvalue weighted by molar-refractivity contribution is 7.81. The molecule has 0 aliphatic heterocycles. The summed E-state index contributed by atoms with van der Waals surface area (Å²) in [5, 5.41) is 0.443. The Hall–Kier alpha value is -0.860. The highest BCUT2D eigenvalue weighted by Gasteiger charge is 2.14. The minimum atomic E-state index is 0.222. The monoisotopic (exact) mass is 456 g/mol. The number of benzene rings is 2. The minimum Gasteiger partial charge on any atom is -0.171 e. The van der Waals surface area contributed by atoms with E-state index in [0.29, 0.717) is 0 Å². The lowest BCUT2D eigenvalue weighted by Gasteiger charge is -2.18. The topological polar surface area (TPSA) is 0 Å². The average molecular weight is 457 g/mol. The van der Waals surface area contributed by atoms with E-state index < -0.39 is 0 Å². The first kappa shape index (κ1) is 26.4. The van der Waals surface area contributed by atoms with Crippen molar-refractivity contribution in [3.63, 3.8) is 0 Å². The molecule has 0 amide bonds. The first-order chi connectivity index (χ1) is 15.1. The summed E-state index contributed by atoms with van der Waals surface area (Å²) in [5.74, 6) is 0. The molecule has 0 radical (unpaired) electrons. The maximum Gasteiger partial charge on any atom is 0.0280 e. The summed E-state index contributed by atoms with van der Waals surface area (Å²) in [6, 6.07) is 18.2. The zero-order chi connectivity index (χ0) is 22.3. The first-order valence-corrected chi connectivity index (χ1v) is 13.7. The number of hydrogen-bond donors (Lipinski definition) is 2. The van der Waals surface area contributed by atoms with Crippen molar-refractivity contribution in [1.82, 2.24) is 0 Å². The fraction of sp³-hybridized carbons (Fsp3) is 0.586. The van der Waals surface area contributed by atoms with Gasteiger partial charge in [0.1, 0.15) is 0 Å². The average Bonchev–Trinajstić information content (AvgIpc) is 2.79. The summed E-state index contributed by atoms with van der Waals surface area (Å²) in [5.41, 5.74) is 5.52. The van der Waals surface area contributed by atoms with Gasteiger partial charge in [-0.25, -0.2) is 0 Å². The number of rotatable bonds is 16. The highest BCUT2D eigenvalue weighted by Crippen LogP contribution is 2.35. The SMILES string of the molecule is CCCCCCCc1ccc(C(S)CC(S)c2ccc(CCCCCCC)cc2)cc1. The molecule has 0 bridgehead atoms. The van der Waals surface area contributed by atoms with E-state index in [-0.39, 0.29) is 10.5 Å². The van der Waals surface area contributed by atoms with Crippen LogP contribution in [0.1, 0.15) is 117 Å². The van der Waals surface area contributed by atoms with Crippen molar-refractivity contribution in [3.8, 4) is 0 Å². The van der Waals surface area contributed by atoms with E-state index in [9.17, 15) is 0 Å². The lowest BCUT2D eigenvalue weighted by Crippen LogP contribution is -1.99. The molecule has 2 atom stereocenters. The van der Waals surface area contributed by atoms with E-state index in [1.165, 1.54) is 99.3 Å². The van der Waals surface area contributed by atoms with Crippen molar-refractivity contribution in [2.45, 2.75) is 108 Å². The molecule has 0 heterocycles. The molecule has 2 unspecified atom stereocenters. The van der Waals surface area contributed by atoms with E-state index in [2.05, 4.69) is 62.4 Å². The van der Waals surface area contributed by atoms with Crippen LogP contribution in [0.3, 0.4) is 0 Å². The van der Waals surface area contributed by atoms with Crippen molar-refractivity contribution >= 4 is 25.3 Å². The van der Waals surface area contributed by atoms with Crippen molar-refractivity contribution in [2.24, 2.45) is 0 Å². The van der Waals surface area contributed by atoms with Crippen LogP contribution in [0.5, 0.6) is 0 Å². The smallest absolute Gasteiger partial charge is 0.0280 e. The van der Waals surface area contributed by atoms with E-state index in [4.69, 9.17) is 25.3 Å². The van der Waals surface area contributed by atoms with Crippen molar-refractivity contribution in [3.05, 3.63) is 70.8 Å². The molecule has 2 aromatic rings. The van der Waals surface area contributed by atoms with Gasteiger partial charge in [-0.15, -0.1) is 0 Å². The molecule has 0 aromatic heterocycles. The molecule has 0 fully saturated rings. The summed E-state index contributed by atoms with van der Waals surface area (Å²) >= 11 is 9.80.